The van der Waals surface area contributed by atoms with Crippen molar-refractivity contribution in [3.63, 3.8) is 0 Å². The van der Waals surface area contributed by atoms with Crippen molar-refractivity contribution in [3.8, 4) is 0 Å². The molecule has 0 saturated carbocycles. The second kappa shape index (κ2) is 9.44. The van der Waals surface area contributed by atoms with Gasteiger partial charge < -0.3 is 23.9 Å². The third-order valence-corrected chi connectivity index (χ3v) is 5.95. The van der Waals surface area contributed by atoms with Gasteiger partial charge in [0.2, 0.25) is 5.82 Å². The summed E-state index contributed by atoms with van der Waals surface area (Å²) in [5, 5.41) is 3.81. The third-order valence-electron chi connectivity index (χ3n) is 3.06. The summed E-state index contributed by atoms with van der Waals surface area (Å²) < 4.78 is 83.2. The molecule has 27 heavy (non-hydrogen) atoms. The van der Waals surface area contributed by atoms with Gasteiger partial charge in [-0.1, -0.05) is 0 Å². The van der Waals surface area contributed by atoms with E-state index in [2.05, 4.69) is 5.32 Å². The SMILES string of the molecule is CO[Si](CNC(=O)Nc1c(F)c(F)c(F)c(F)c1F)(OC(C)C)OC(C)C. The van der Waals surface area contributed by atoms with E-state index in [1.807, 2.05) is 0 Å². The van der Waals surface area contributed by atoms with Gasteiger partial charge >= 0.3 is 14.8 Å². The largest absolute Gasteiger partial charge is 0.521 e. The molecule has 0 spiro atoms. The van der Waals surface area contributed by atoms with Crippen molar-refractivity contribution in [3.05, 3.63) is 29.1 Å². The fraction of sp³-hybridized carbons (Fsp3) is 0.533. The maximum Gasteiger partial charge on any atom is 0.521 e. The lowest BCUT2D eigenvalue weighted by Gasteiger charge is -2.31. The fourth-order valence-corrected chi connectivity index (χ4v) is 4.43. The first-order valence-corrected chi connectivity index (χ1v) is 9.84. The van der Waals surface area contributed by atoms with Crippen LogP contribution in [-0.2, 0) is 13.3 Å². The Hall–Kier alpha value is -1.76. The van der Waals surface area contributed by atoms with Gasteiger partial charge in [-0.05, 0) is 27.7 Å². The van der Waals surface area contributed by atoms with E-state index in [1.165, 1.54) is 7.11 Å². The smallest absolute Gasteiger partial charge is 0.376 e. The summed E-state index contributed by atoms with van der Waals surface area (Å²) in [6, 6.07) is -1.23. The molecular weight excluding hydrogens is 395 g/mol. The molecule has 0 aliphatic heterocycles. The minimum atomic E-state index is -3.40. The van der Waals surface area contributed by atoms with Crippen molar-refractivity contribution in [2.45, 2.75) is 39.9 Å². The molecule has 0 aliphatic rings. The summed E-state index contributed by atoms with van der Waals surface area (Å²) in [5.74, 6) is -11.0. The summed E-state index contributed by atoms with van der Waals surface area (Å²) in [7, 11) is -2.09. The summed E-state index contributed by atoms with van der Waals surface area (Å²) >= 11 is 0. The van der Waals surface area contributed by atoms with Crippen LogP contribution in [0.3, 0.4) is 0 Å². The van der Waals surface area contributed by atoms with Gasteiger partial charge in [-0.25, -0.2) is 26.7 Å². The van der Waals surface area contributed by atoms with Crippen LogP contribution >= 0.6 is 0 Å². The number of anilines is 1. The van der Waals surface area contributed by atoms with Gasteiger partial charge in [0.1, 0.15) is 5.69 Å². The lowest BCUT2D eigenvalue weighted by molar-refractivity contribution is 0.0325. The predicted octanol–water partition coefficient (Wildman–Crippen LogP) is 3.48. The Morgan fingerprint density at radius 3 is 1.67 bits per heavy atom. The Bertz CT molecular complexity index is 652. The molecule has 6 nitrogen and oxygen atoms in total. The summed E-state index contributed by atoms with van der Waals surface area (Å²) in [4.78, 5) is 11.9. The second-order valence-corrected chi connectivity index (χ2v) is 8.57. The van der Waals surface area contributed by atoms with Crippen molar-refractivity contribution in [1.82, 2.24) is 5.32 Å². The van der Waals surface area contributed by atoms with Crippen molar-refractivity contribution >= 4 is 20.5 Å². The molecule has 0 radical (unpaired) electrons. The first-order chi connectivity index (χ1) is 12.4. The number of halogens is 5. The van der Waals surface area contributed by atoms with Crippen LogP contribution in [-0.4, -0.2) is 40.3 Å². The molecule has 1 rings (SSSR count). The fourth-order valence-electron chi connectivity index (χ4n) is 2.06. The van der Waals surface area contributed by atoms with E-state index in [1.54, 1.807) is 33.0 Å². The van der Waals surface area contributed by atoms with Crippen LogP contribution in [0.15, 0.2) is 0 Å². The Morgan fingerprint density at radius 2 is 1.30 bits per heavy atom. The van der Waals surface area contributed by atoms with E-state index < -0.39 is 49.6 Å². The van der Waals surface area contributed by atoms with E-state index in [0.717, 1.165) is 0 Å². The monoisotopic (exact) mass is 416 g/mol. The zero-order valence-corrected chi connectivity index (χ0v) is 16.4. The van der Waals surface area contributed by atoms with Crippen molar-refractivity contribution in [2.75, 3.05) is 18.6 Å². The minimum Gasteiger partial charge on any atom is -0.376 e. The van der Waals surface area contributed by atoms with Crippen molar-refractivity contribution < 1.29 is 40.0 Å². The summed E-state index contributed by atoms with van der Waals surface area (Å²) in [6.45, 7) is 6.83. The van der Waals surface area contributed by atoms with Crippen LogP contribution in [0.5, 0.6) is 0 Å². The van der Waals surface area contributed by atoms with Crippen LogP contribution in [0.25, 0.3) is 0 Å². The van der Waals surface area contributed by atoms with Crippen LogP contribution in [0, 0.1) is 29.1 Å². The molecule has 0 bridgehead atoms. The Labute approximate surface area is 154 Å². The number of amides is 2. The van der Waals surface area contributed by atoms with Gasteiger partial charge in [-0.3, -0.25) is 0 Å². The van der Waals surface area contributed by atoms with Crippen molar-refractivity contribution in [1.29, 1.82) is 0 Å². The first-order valence-electron chi connectivity index (χ1n) is 7.91. The molecule has 2 amide bonds. The van der Waals surface area contributed by atoms with Crippen molar-refractivity contribution in [2.24, 2.45) is 0 Å². The number of hydrogen-bond donors (Lipinski definition) is 2. The quantitative estimate of drug-likeness (QED) is 0.295. The molecule has 0 saturated heterocycles. The number of urea groups is 1. The Morgan fingerprint density at radius 1 is 0.889 bits per heavy atom. The predicted molar refractivity (Wildman–Crippen MR) is 88.5 cm³/mol. The normalized spacial score (nSPS) is 12.0. The lowest BCUT2D eigenvalue weighted by atomic mass is 10.2. The number of benzene rings is 1. The topological polar surface area (TPSA) is 68.8 Å². The number of nitrogens with one attached hydrogen (secondary N) is 2. The van der Waals surface area contributed by atoms with Gasteiger partial charge in [0.15, 0.2) is 23.3 Å². The molecule has 0 fully saturated rings. The lowest BCUT2D eigenvalue weighted by Crippen LogP contribution is -2.57. The third kappa shape index (κ3) is 5.86. The summed E-state index contributed by atoms with van der Waals surface area (Å²) in [6.07, 6.45) is -0.952. The molecule has 1 aromatic rings. The van der Waals surface area contributed by atoms with Gasteiger partial charge in [0.05, 0.1) is 6.17 Å². The van der Waals surface area contributed by atoms with E-state index in [4.69, 9.17) is 13.3 Å². The number of carbonyl (C=O) groups is 1. The van der Waals surface area contributed by atoms with Gasteiger partial charge in [-0.15, -0.1) is 0 Å². The molecule has 0 unspecified atom stereocenters. The molecule has 1 aromatic carbocycles. The van der Waals surface area contributed by atoms with Crippen LogP contribution in [0.4, 0.5) is 32.4 Å². The summed E-state index contributed by atoms with van der Waals surface area (Å²) in [5.41, 5.74) is -1.47. The van der Waals surface area contributed by atoms with E-state index in [-0.39, 0.29) is 18.4 Å². The number of hydrogen-bond acceptors (Lipinski definition) is 4. The molecule has 154 valence electrons. The first kappa shape index (κ1) is 23.3. The Kier molecular flexibility index (Phi) is 8.14. The number of carbonyl (C=O) groups excluding carboxylic acids is 1. The van der Waals surface area contributed by atoms with Gasteiger partial charge in [0.25, 0.3) is 0 Å². The standard InChI is InChI=1S/C15H21F5N2O4Si/c1-7(2)25-27(24-5,26-8(3)4)6-21-15(23)22-14-12(19)10(17)9(16)11(18)13(14)20/h7-8H,6H2,1-5H3,(H2,21,22,23). The highest BCUT2D eigenvalue weighted by Crippen LogP contribution is 2.27. The van der Waals surface area contributed by atoms with Crippen LogP contribution < -0.4 is 10.6 Å². The average molecular weight is 416 g/mol. The minimum absolute atomic E-state index is 0.304. The zero-order valence-electron chi connectivity index (χ0n) is 15.4. The van der Waals surface area contributed by atoms with E-state index in [9.17, 15) is 26.7 Å². The molecule has 2 N–H and O–H groups in total. The van der Waals surface area contributed by atoms with E-state index in [0.29, 0.717) is 0 Å². The average Bonchev–Trinajstić information content (AvgIpc) is 2.59. The van der Waals surface area contributed by atoms with Crippen LogP contribution in [0.1, 0.15) is 27.7 Å². The Balaban J connectivity index is 2.96. The molecule has 0 atom stereocenters. The molecular formula is C15H21F5N2O4Si. The highest BCUT2D eigenvalue weighted by atomic mass is 28.4. The van der Waals surface area contributed by atoms with Crippen LogP contribution in [0.2, 0.25) is 0 Å². The second-order valence-electron chi connectivity index (χ2n) is 5.97. The highest BCUT2D eigenvalue weighted by molar-refractivity contribution is 6.61. The zero-order chi connectivity index (χ0) is 20.9. The maximum atomic E-state index is 13.6. The molecule has 0 heterocycles. The van der Waals surface area contributed by atoms with E-state index >= 15 is 0 Å². The molecule has 0 aliphatic carbocycles. The highest BCUT2D eigenvalue weighted by Gasteiger charge is 2.43. The molecule has 0 aromatic heterocycles. The van der Waals surface area contributed by atoms with Gasteiger partial charge in [-0.2, -0.15) is 0 Å². The maximum absolute atomic E-state index is 13.6. The van der Waals surface area contributed by atoms with Gasteiger partial charge in [0, 0.05) is 19.3 Å². The molecule has 12 heteroatoms. The number of rotatable bonds is 8.